The second-order valence-corrected chi connectivity index (χ2v) is 6.52. The molecule has 0 N–H and O–H groups in total. The predicted octanol–water partition coefficient (Wildman–Crippen LogP) is 2.84. The molecule has 1 atom stereocenters. The molecule has 0 radical (unpaired) electrons. The normalized spacial score (nSPS) is 16.3. The lowest BCUT2D eigenvalue weighted by Crippen LogP contribution is -2.30. The van der Waals surface area contributed by atoms with Crippen molar-refractivity contribution in [3.05, 3.63) is 65.1 Å². The Morgan fingerprint density at radius 1 is 1.33 bits per heavy atom. The Morgan fingerprint density at radius 3 is 3.04 bits per heavy atom. The predicted molar refractivity (Wildman–Crippen MR) is 92.2 cm³/mol. The van der Waals surface area contributed by atoms with E-state index in [0.717, 1.165) is 25.1 Å². The first kappa shape index (κ1) is 14.9. The Hall–Kier alpha value is -2.69. The number of aromatic nitrogens is 3. The van der Waals surface area contributed by atoms with Gasteiger partial charge in [-0.1, -0.05) is 24.3 Å². The van der Waals surface area contributed by atoms with Crippen LogP contribution < -0.4 is 0 Å². The van der Waals surface area contributed by atoms with Crippen molar-refractivity contribution in [2.75, 3.05) is 13.6 Å². The van der Waals surface area contributed by atoms with E-state index in [2.05, 4.69) is 34.3 Å². The Labute approximate surface area is 140 Å². The molecule has 0 saturated carbocycles. The molecule has 4 rings (SSSR count). The molecule has 0 fully saturated rings. The highest BCUT2D eigenvalue weighted by molar-refractivity contribution is 5.99. The quantitative estimate of drug-likeness (QED) is 0.745. The highest BCUT2D eigenvalue weighted by Crippen LogP contribution is 2.33. The molecule has 24 heavy (non-hydrogen) atoms. The van der Waals surface area contributed by atoms with Crippen molar-refractivity contribution in [3.8, 4) is 0 Å². The highest BCUT2D eigenvalue weighted by Gasteiger charge is 2.26. The van der Waals surface area contributed by atoms with E-state index in [4.69, 9.17) is 0 Å². The fourth-order valence-electron chi connectivity index (χ4n) is 3.56. The second-order valence-electron chi connectivity index (χ2n) is 6.52. The molecule has 2 aromatic heterocycles. The van der Waals surface area contributed by atoms with Crippen LogP contribution in [0.5, 0.6) is 0 Å². The van der Waals surface area contributed by atoms with Crippen LogP contribution in [0.3, 0.4) is 0 Å². The van der Waals surface area contributed by atoms with Crippen LogP contribution in [0.15, 0.2) is 42.7 Å². The lowest BCUT2D eigenvalue weighted by Gasteiger charge is -2.21. The average molecular weight is 320 g/mol. The van der Waals surface area contributed by atoms with Gasteiger partial charge in [-0.05, 0) is 37.0 Å². The summed E-state index contributed by atoms with van der Waals surface area (Å²) in [5.74, 6) is 0.388. The topological polar surface area (TPSA) is 50.5 Å². The van der Waals surface area contributed by atoms with Crippen LogP contribution in [0.2, 0.25) is 0 Å². The minimum atomic E-state index is -0.0209. The third-order valence-electron chi connectivity index (χ3n) is 4.84. The van der Waals surface area contributed by atoms with Gasteiger partial charge in [0.05, 0.1) is 6.20 Å². The summed E-state index contributed by atoms with van der Waals surface area (Å²) in [5, 5.41) is 4.24. The Bertz CT molecular complexity index is 915. The number of nitrogens with zero attached hydrogens (tertiary/aromatic N) is 4. The fourth-order valence-corrected chi connectivity index (χ4v) is 3.56. The molecule has 0 saturated heterocycles. The zero-order valence-corrected chi connectivity index (χ0v) is 13.9. The lowest BCUT2D eigenvalue weighted by atomic mass is 10.0. The summed E-state index contributed by atoms with van der Waals surface area (Å²) in [7, 11) is 1.86. The molecular formula is C19H20N4O. The number of benzene rings is 1. The van der Waals surface area contributed by atoms with E-state index < -0.39 is 0 Å². The van der Waals surface area contributed by atoms with Gasteiger partial charge in [0.1, 0.15) is 5.56 Å². The molecule has 1 aliphatic rings. The molecule has 1 amide bonds. The summed E-state index contributed by atoms with van der Waals surface area (Å²) in [6.07, 6.45) is 5.65. The van der Waals surface area contributed by atoms with Crippen molar-refractivity contribution in [2.24, 2.45) is 0 Å². The van der Waals surface area contributed by atoms with Crippen molar-refractivity contribution < 1.29 is 4.79 Å². The molecular weight excluding hydrogens is 300 g/mol. The number of carbonyl (C=O) groups excluding carboxylic acids is 1. The van der Waals surface area contributed by atoms with E-state index in [1.54, 1.807) is 15.6 Å². The second kappa shape index (κ2) is 5.74. The molecule has 1 unspecified atom stereocenters. The standard InChI is InChI=1S/C19H20N4O/c1-13-9-10-23-18(21-13)17(11-20-23)19(24)22(2)12-15-8-7-14-5-3-4-6-16(14)15/h3-6,9-11,15H,7-8,12H2,1-2H3. The molecule has 5 nitrogen and oxygen atoms in total. The van der Waals surface area contributed by atoms with Gasteiger partial charge in [0.15, 0.2) is 5.65 Å². The van der Waals surface area contributed by atoms with Gasteiger partial charge < -0.3 is 4.90 Å². The van der Waals surface area contributed by atoms with Gasteiger partial charge in [0.2, 0.25) is 0 Å². The maximum Gasteiger partial charge on any atom is 0.259 e. The van der Waals surface area contributed by atoms with E-state index >= 15 is 0 Å². The number of likely N-dealkylation sites (N-methyl/N-ethyl adjacent to an activating group) is 1. The van der Waals surface area contributed by atoms with Crippen LogP contribution in [0.1, 0.15) is 39.5 Å². The Balaban J connectivity index is 1.57. The summed E-state index contributed by atoms with van der Waals surface area (Å²) in [4.78, 5) is 19.1. The van der Waals surface area contributed by atoms with Crippen molar-refractivity contribution in [1.29, 1.82) is 0 Å². The van der Waals surface area contributed by atoms with Gasteiger partial charge in [-0.25, -0.2) is 9.50 Å². The number of rotatable bonds is 3. The smallest absolute Gasteiger partial charge is 0.259 e. The number of hydrogen-bond donors (Lipinski definition) is 0. The number of amides is 1. The SMILES string of the molecule is Cc1ccn2ncc(C(=O)N(C)CC3CCc4ccccc43)c2n1. The first-order chi connectivity index (χ1) is 11.6. The number of hydrogen-bond acceptors (Lipinski definition) is 3. The minimum absolute atomic E-state index is 0.0209. The fraction of sp³-hybridized carbons (Fsp3) is 0.316. The van der Waals surface area contributed by atoms with E-state index in [1.807, 2.05) is 26.2 Å². The summed E-state index contributed by atoms with van der Waals surface area (Å²) in [6, 6.07) is 10.4. The molecule has 3 aromatic rings. The van der Waals surface area contributed by atoms with Crippen molar-refractivity contribution in [3.63, 3.8) is 0 Å². The lowest BCUT2D eigenvalue weighted by molar-refractivity contribution is 0.0788. The first-order valence-electron chi connectivity index (χ1n) is 8.28. The van der Waals surface area contributed by atoms with Gasteiger partial charge in [-0.2, -0.15) is 5.10 Å². The summed E-state index contributed by atoms with van der Waals surface area (Å²) in [5.41, 5.74) is 4.86. The van der Waals surface area contributed by atoms with Crippen LogP contribution in [0.4, 0.5) is 0 Å². The monoisotopic (exact) mass is 320 g/mol. The molecule has 0 spiro atoms. The largest absolute Gasteiger partial charge is 0.341 e. The molecule has 0 bridgehead atoms. The van der Waals surface area contributed by atoms with E-state index in [0.29, 0.717) is 17.1 Å². The Morgan fingerprint density at radius 2 is 2.17 bits per heavy atom. The maximum atomic E-state index is 12.9. The minimum Gasteiger partial charge on any atom is -0.341 e. The molecule has 122 valence electrons. The van der Waals surface area contributed by atoms with Gasteiger partial charge in [-0.3, -0.25) is 4.79 Å². The van der Waals surface area contributed by atoms with E-state index in [1.165, 1.54) is 11.1 Å². The summed E-state index contributed by atoms with van der Waals surface area (Å²) in [6.45, 7) is 2.64. The first-order valence-corrected chi connectivity index (χ1v) is 8.28. The summed E-state index contributed by atoms with van der Waals surface area (Å²) >= 11 is 0. The highest BCUT2D eigenvalue weighted by atomic mass is 16.2. The molecule has 1 aromatic carbocycles. The van der Waals surface area contributed by atoms with Gasteiger partial charge in [0.25, 0.3) is 5.91 Å². The number of fused-ring (bicyclic) bond motifs is 2. The zero-order chi connectivity index (χ0) is 16.7. The number of carbonyl (C=O) groups is 1. The molecule has 2 heterocycles. The maximum absolute atomic E-state index is 12.9. The van der Waals surface area contributed by atoms with E-state index in [-0.39, 0.29) is 5.91 Å². The average Bonchev–Trinajstić information content (AvgIpc) is 3.18. The third-order valence-corrected chi connectivity index (χ3v) is 4.84. The van der Waals surface area contributed by atoms with Crippen LogP contribution >= 0.6 is 0 Å². The van der Waals surface area contributed by atoms with E-state index in [9.17, 15) is 4.79 Å². The van der Waals surface area contributed by atoms with Crippen molar-refractivity contribution in [2.45, 2.75) is 25.7 Å². The Kier molecular flexibility index (Phi) is 3.56. The van der Waals surface area contributed by atoms with Gasteiger partial charge in [0, 0.05) is 31.4 Å². The van der Waals surface area contributed by atoms with Crippen LogP contribution in [0, 0.1) is 6.92 Å². The molecule has 0 aliphatic heterocycles. The number of aryl methyl sites for hydroxylation is 2. The van der Waals surface area contributed by atoms with Crippen LogP contribution in [-0.2, 0) is 6.42 Å². The zero-order valence-electron chi connectivity index (χ0n) is 13.9. The molecule has 5 heteroatoms. The third kappa shape index (κ3) is 2.46. The van der Waals surface area contributed by atoms with Gasteiger partial charge in [-0.15, -0.1) is 0 Å². The van der Waals surface area contributed by atoms with Crippen molar-refractivity contribution >= 4 is 11.6 Å². The van der Waals surface area contributed by atoms with Crippen molar-refractivity contribution in [1.82, 2.24) is 19.5 Å². The van der Waals surface area contributed by atoms with Crippen LogP contribution in [0.25, 0.3) is 5.65 Å². The van der Waals surface area contributed by atoms with Crippen LogP contribution in [-0.4, -0.2) is 39.0 Å². The van der Waals surface area contributed by atoms with Gasteiger partial charge >= 0.3 is 0 Å². The molecule has 1 aliphatic carbocycles. The summed E-state index contributed by atoms with van der Waals surface area (Å²) < 4.78 is 1.65.